The van der Waals surface area contributed by atoms with Crippen LogP contribution in [0.1, 0.15) is 17.3 Å². The number of imide groups is 1. The van der Waals surface area contributed by atoms with Crippen LogP contribution in [0.4, 0.5) is 10.7 Å². The molecule has 3 heterocycles. The summed E-state index contributed by atoms with van der Waals surface area (Å²) in [6.45, 7) is 2.48. The van der Waals surface area contributed by atoms with Gasteiger partial charge in [0, 0.05) is 19.2 Å². The second-order valence-corrected chi connectivity index (χ2v) is 7.96. The molecule has 3 aromatic rings. The number of carbonyl (C=O) groups excluding carboxylic acids is 2. The summed E-state index contributed by atoms with van der Waals surface area (Å²) in [5.74, 6) is 0.691. The summed E-state index contributed by atoms with van der Waals surface area (Å²) in [4.78, 5) is 28.7. The van der Waals surface area contributed by atoms with Crippen LogP contribution in [0.25, 0.3) is 11.4 Å². The van der Waals surface area contributed by atoms with E-state index in [0.29, 0.717) is 28.9 Å². The van der Waals surface area contributed by atoms with Crippen LogP contribution in [0.3, 0.4) is 0 Å². The van der Waals surface area contributed by atoms with Crippen molar-refractivity contribution in [1.82, 2.24) is 25.0 Å². The summed E-state index contributed by atoms with van der Waals surface area (Å²) in [5, 5.41) is 11.7. The van der Waals surface area contributed by atoms with E-state index in [1.165, 1.54) is 4.90 Å². The molecular formula is C21H19ClN6O2. The second-order valence-electron chi connectivity index (χ2n) is 7.55. The second kappa shape index (κ2) is 6.84. The van der Waals surface area contributed by atoms with Gasteiger partial charge >= 0.3 is 6.03 Å². The number of hydrogen-bond donors (Lipinski definition) is 1. The smallest absolute Gasteiger partial charge is 0.321 e. The first-order chi connectivity index (χ1) is 14.5. The monoisotopic (exact) mass is 422 g/mol. The molecule has 30 heavy (non-hydrogen) atoms. The van der Waals surface area contributed by atoms with Crippen molar-refractivity contribution in [3.63, 3.8) is 0 Å². The predicted octanol–water partition coefficient (Wildman–Crippen LogP) is 2.98. The first kappa shape index (κ1) is 18.6. The fourth-order valence-corrected chi connectivity index (χ4v) is 4.42. The first-order valence-corrected chi connectivity index (χ1v) is 9.93. The molecule has 9 heteroatoms. The number of nitrogens with one attached hydrogen (secondary N) is 1. The Morgan fingerprint density at radius 3 is 2.67 bits per heavy atom. The van der Waals surface area contributed by atoms with E-state index in [1.807, 2.05) is 52.8 Å². The molecule has 2 aliphatic heterocycles. The third-order valence-electron chi connectivity index (χ3n) is 5.58. The molecule has 2 aromatic carbocycles. The lowest BCUT2D eigenvalue weighted by Gasteiger charge is -2.37. The van der Waals surface area contributed by atoms with Gasteiger partial charge in [-0.15, -0.1) is 10.2 Å². The Bertz CT molecular complexity index is 1180. The van der Waals surface area contributed by atoms with Crippen LogP contribution in [0.5, 0.6) is 0 Å². The van der Waals surface area contributed by atoms with Crippen LogP contribution in [0.2, 0.25) is 5.02 Å². The number of hydrogen-bond acceptors (Lipinski definition) is 5. The number of urea groups is 1. The van der Waals surface area contributed by atoms with Gasteiger partial charge in [0.1, 0.15) is 6.17 Å². The van der Waals surface area contributed by atoms with Crippen LogP contribution in [-0.4, -0.2) is 44.7 Å². The van der Waals surface area contributed by atoms with Crippen molar-refractivity contribution >= 4 is 29.5 Å². The van der Waals surface area contributed by atoms with Gasteiger partial charge in [0.2, 0.25) is 5.95 Å². The summed E-state index contributed by atoms with van der Waals surface area (Å²) < 4.78 is 1.83. The van der Waals surface area contributed by atoms with E-state index in [2.05, 4.69) is 21.6 Å². The normalized spacial score (nSPS) is 20.2. The van der Waals surface area contributed by atoms with Crippen molar-refractivity contribution in [2.75, 3.05) is 11.9 Å². The fraction of sp³-hybridized carbons (Fsp3) is 0.238. The Kier molecular flexibility index (Phi) is 4.25. The Morgan fingerprint density at radius 1 is 1.10 bits per heavy atom. The first-order valence-electron chi connectivity index (χ1n) is 9.55. The molecule has 0 saturated carbocycles. The topological polar surface area (TPSA) is 83.4 Å². The summed E-state index contributed by atoms with van der Waals surface area (Å²) in [6, 6.07) is 14.3. The highest BCUT2D eigenvalue weighted by molar-refractivity contribution is 6.33. The zero-order valence-corrected chi connectivity index (χ0v) is 17.2. The van der Waals surface area contributed by atoms with Gasteiger partial charge in [-0.2, -0.15) is 0 Å². The quantitative estimate of drug-likeness (QED) is 0.701. The lowest BCUT2D eigenvalue weighted by atomic mass is 10.1. The highest BCUT2D eigenvalue weighted by Gasteiger charge is 2.52. The van der Waals surface area contributed by atoms with E-state index in [0.717, 1.165) is 11.1 Å². The maximum atomic E-state index is 12.9. The molecule has 2 unspecified atom stereocenters. The van der Waals surface area contributed by atoms with Crippen molar-refractivity contribution < 1.29 is 9.59 Å². The van der Waals surface area contributed by atoms with Gasteiger partial charge in [0.05, 0.1) is 5.02 Å². The summed E-state index contributed by atoms with van der Waals surface area (Å²) in [6.07, 6.45) is -0.577. The zero-order chi connectivity index (χ0) is 21.0. The number of benzene rings is 2. The SMILES string of the molecule is Cc1cccc(CN2c3nnc(-c4ccccc4Cl)n3C3C2C(=O)NC(=O)N3C)c1. The molecule has 5 rings (SSSR count). The largest absolute Gasteiger partial charge is 0.325 e. The molecule has 1 fully saturated rings. The van der Waals surface area contributed by atoms with Crippen molar-refractivity contribution in [2.45, 2.75) is 25.7 Å². The molecule has 1 N–H and O–H groups in total. The number of aromatic nitrogens is 3. The standard InChI is InChI=1S/C21H19ClN6O2/c1-12-6-5-7-13(10-12)11-27-16-18(29)23-21(30)26(2)19(16)28-17(24-25-20(27)28)14-8-3-4-9-15(14)22/h3-10,16,19H,11H2,1-2H3,(H,23,29,30). The van der Waals surface area contributed by atoms with Gasteiger partial charge in [-0.25, -0.2) is 4.79 Å². The number of rotatable bonds is 3. The molecule has 0 bridgehead atoms. The molecule has 2 aliphatic rings. The van der Waals surface area contributed by atoms with Crippen LogP contribution in [0.15, 0.2) is 48.5 Å². The maximum absolute atomic E-state index is 12.9. The fourth-order valence-electron chi connectivity index (χ4n) is 4.20. The number of carbonyl (C=O) groups is 2. The van der Waals surface area contributed by atoms with Gasteiger partial charge in [-0.1, -0.05) is 53.6 Å². The van der Waals surface area contributed by atoms with Gasteiger partial charge in [0.25, 0.3) is 5.91 Å². The van der Waals surface area contributed by atoms with E-state index in [9.17, 15) is 9.59 Å². The van der Waals surface area contributed by atoms with E-state index in [4.69, 9.17) is 11.6 Å². The van der Waals surface area contributed by atoms with Crippen LogP contribution in [-0.2, 0) is 11.3 Å². The third kappa shape index (κ3) is 2.75. The number of amides is 3. The molecule has 3 amide bonds. The third-order valence-corrected chi connectivity index (χ3v) is 5.91. The number of likely N-dealkylation sites (N-methyl/N-ethyl adjacent to an activating group) is 1. The molecule has 0 aliphatic carbocycles. The minimum atomic E-state index is -0.625. The molecule has 0 radical (unpaired) electrons. The summed E-state index contributed by atoms with van der Waals surface area (Å²) in [7, 11) is 1.66. The van der Waals surface area contributed by atoms with Crippen molar-refractivity contribution in [3.05, 3.63) is 64.7 Å². The van der Waals surface area contributed by atoms with E-state index < -0.39 is 18.2 Å². The van der Waals surface area contributed by atoms with Gasteiger partial charge in [0.15, 0.2) is 11.9 Å². The minimum Gasteiger partial charge on any atom is -0.321 e. The molecule has 8 nitrogen and oxygen atoms in total. The Hall–Kier alpha value is -3.39. The van der Waals surface area contributed by atoms with E-state index in [-0.39, 0.29) is 5.91 Å². The lowest BCUT2D eigenvalue weighted by Crippen LogP contribution is -2.61. The molecule has 1 aromatic heterocycles. The number of anilines is 1. The van der Waals surface area contributed by atoms with Gasteiger partial charge in [-0.05, 0) is 24.6 Å². The number of nitrogens with zero attached hydrogens (tertiary/aromatic N) is 5. The van der Waals surface area contributed by atoms with Crippen LogP contribution >= 0.6 is 11.6 Å². The molecule has 152 valence electrons. The highest BCUT2D eigenvalue weighted by Crippen LogP contribution is 2.42. The molecule has 2 atom stereocenters. The number of fused-ring (bicyclic) bond motifs is 3. The Balaban J connectivity index is 1.67. The number of halogens is 1. The summed E-state index contributed by atoms with van der Waals surface area (Å²) in [5.41, 5.74) is 2.86. The highest BCUT2D eigenvalue weighted by atomic mass is 35.5. The van der Waals surface area contributed by atoms with Crippen molar-refractivity contribution in [3.8, 4) is 11.4 Å². The molecule has 0 spiro atoms. The lowest BCUT2D eigenvalue weighted by molar-refractivity contribution is -0.124. The van der Waals surface area contributed by atoms with Crippen LogP contribution in [0, 0.1) is 6.92 Å². The summed E-state index contributed by atoms with van der Waals surface area (Å²) >= 11 is 6.42. The van der Waals surface area contributed by atoms with Gasteiger partial charge in [-0.3, -0.25) is 14.7 Å². The Labute approximate surface area is 178 Å². The minimum absolute atomic E-state index is 0.355. The van der Waals surface area contributed by atoms with E-state index >= 15 is 0 Å². The molecule has 1 saturated heterocycles. The van der Waals surface area contributed by atoms with Crippen LogP contribution < -0.4 is 10.2 Å². The maximum Gasteiger partial charge on any atom is 0.325 e. The average molecular weight is 423 g/mol. The number of aryl methyl sites for hydroxylation is 1. The van der Waals surface area contributed by atoms with E-state index in [1.54, 1.807) is 13.1 Å². The predicted molar refractivity (Wildman–Crippen MR) is 112 cm³/mol. The molecular weight excluding hydrogens is 404 g/mol. The zero-order valence-electron chi connectivity index (χ0n) is 16.4. The Morgan fingerprint density at radius 2 is 1.90 bits per heavy atom. The van der Waals surface area contributed by atoms with Crippen molar-refractivity contribution in [2.24, 2.45) is 0 Å². The van der Waals surface area contributed by atoms with Crippen molar-refractivity contribution in [1.29, 1.82) is 0 Å². The van der Waals surface area contributed by atoms with Gasteiger partial charge < -0.3 is 9.80 Å². The average Bonchev–Trinajstić information content (AvgIpc) is 3.26.